The highest BCUT2D eigenvalue weighted by Crippen LogP contribution is 2.13. The first-order valence-electron chi connectivity index (χ1n) is 5.39. The quantitative estimate of drug-likeness (QED) is 0.356. The Morgan fingerprint density at radius 1 is 1.36 bits per heavy atom. The zero-order valence-corrected chi connectivity index (χ0v) is 8.92. The topological polar surface area (TPSA) is 29.3 Å². The molecule has 0 aliphatic carbocycles. The summed E-state index contributed by atoms with van der Waals surface area (Å²) in [5.41, 5.74) is 0.605. The van der Waals surface area contributed by atoms with E-state index in [1.54, 1.807) is 5.06 Å². The SMILES string of the molecule is C=C(CCCCCC)C(=O)ON1CC1. The molecule has 3 nitrogen and oxygen atoms in total. The maximum Gasteiger partial charge on any atom is 0.352 e. The van der Waals surface area contributed by atoms with Crippen LogP contribution < -0.4 is 0 Å². The largest absolute Gasteiger partial charge is 0.364 e. The molecule has 1 fully saturated rings. The standard InChI is InChI=1S/C11H19NO2/c1-3-4-5-6-7-10(2)11(13)14-12-8-9-12/h2-9H2,1H3. The molecule has 0 saturated carbocycles. The third-order valence-corrected chi connectivity index (χ3v) is 2.24. The summed E-state index contributed by atoms with van der Waals surface area (Å²) in [5.74, 6) is -0.251. The maximum absolute atomic E-state index is 11.3. The van der Waals surface area contributed by atoms with Gasteiger partial charge in [-0.25, -0.2) is 4.79 Å². The number of nitrogens with zero attached hydrogens (tertiary/aromatic N) is 1. The van der Waals surface area contributed by atoms with Crippen molar-refractivity contribution < 1.29 is 9.63 Å². The van der Waals surface area contributed by atoms with Crippen molar-refractivity contribution in [3.05, 3.63) is 12.2 Å². The fourth-order valence-electron chi connectivity index (χ4n) is 1.18. The molecule has 0 radical (unpaired) electrons. The fraction of sp³-hybridized carbons (Fsp3) is 0.727. The molecule has 0 N–H and O–H groups in total. The minimum absolute atomic E-state index is 0.251. The smallest absolute Gasteiger partial charge is 0.352 e. The molecule has 0 atom stereocenters. The lowest BCUT2D eigenvalue weighted by Crippen LogP contribution is -2.11. The van der Waals surface area contributed by atoms with E-state index in [9.17, 15) is 4.79 Å². The van der Waals surface area contributed by atoms with Crippen LogP contribution in [-0.2, 0) is 9.63 Å². The number of unbranched alkanes of at least 4 members (excludes halogenated alkanes) is 3. The van der Waals surface area contributed by atoms with Gasteiger partial charge in [0.15, 0.2) is 0 Å². The Hall–Kier alpha value is -0.830. The molecular formula is C11H19NO2. The molecule has 14 heavy (non-hydrogen) atoms. The number of hydroxylamine groups is 2. The van der Waals surface area contributed by atoms with Gasteiger partial charge >= 0.3 is 5.97 Å². The van der Waals surface area contributed by atoms with Crippen molar-refractivity contribution in [2.24, 2.45) is 0 Å². The van der Waals surface area contributed by atoms with Gasteiger partial charge in [-0.1, -0.05) is 32.8 Å². The summed E-state index contributed by atoms with van der Waals surface area (Å²) in [6.45, 7) is 7.64. The highest BCUT2D eigenvalue weighted by atomic mass is 16.7. The summed E-state index contributed by atoms with van der Waals surface area (Å²) in [7, 11) is 0. The Kier molecular flexibility index (Phi) is 4.66. The molecule has 0 spiro atoms. The first kappa shape index (κ1) is 11.2. The number of carbonyl (C=O) groups excluding carboxylic acids is 1. The lowest BCUT2D eigenvalue weighted by molar-refractivity contribution is -0.160. The number of hydrogen-bond acceptors (Lipinski definition) is 3. The van der Waals surface area contributed by atoms with Crippen LogP contribution in [0.2, 0.25) is 0 Å². The zero-order valence-electron chi connectivity index (χ0n) is 8.92. The van der Waals surface area contributed by atoms with E-state index in [4.69, 9.17) is 4.84 Å². The van der Waals surface area contributed by atoms with Crippen LogP contribution in [0.4, 0.5) is 0 Å². The summed E-state index contributed by atoms with van der Waals surface area (Å²) in [5, 5.41) is 1.64. The van der Waals surface area contributed by atoms with Gasteiger partial charge in [0.25, 0.3) is 0 Å². The Morgan fingerprint density at radius 2 is 2.07 bits per heavy atom. The van der Waals surface area contributed by atoms with Crippen LogP contribution in [0.25, 0.3) is 0 Å². The Morgan fingerprint density at radius 3 is 2.64 bits per heavy atom. The molecule has 0 aromatic carbocycles. The van der Waals surface area contributed by atoms with Gasteiger partial charge in [-0.15, -0.1) is 5.06 Å². The van der Waals surface area contributed by atoms with Crippen molar-refractivity contribution in [3.8, 4) is 0 Å². The third-order valence-electron chi connectivity index (χ3n) is 2.24. The summed E-state index contributed by atoms with van der Waals surface area (Å²) in [6.07, 6.45) is 5.43. The summed E-state index contributed by atoms with van der Waals surface area (Å²) in [4.78, 5) is 16.3. The van der Waals surface area contributed by atoms with Crippen LogP contribution in [0, 0.1) is 0 Å². The number of rotatable bonds is 7. The molecule has 3 heteroatoms. The first-order valence-corrected chi connectivity index (χ1v) is 5.39. The highest BCUT2D eigenvalue weighted by Gasteiger charge is 2.23. The normalized spacial score (nSPS) is 15.2. The molecule has 0 aromatic rings. The predicted molar refractivity (Wildman–Crippen MR) is 55.6 cm³/mol. The van der Waals surface area contributed by atoms with E-state index in [1.165, 1.54) is 19.3 Å². The Balaban J connectivity index is 2.04. The van der Waals surface area contributed by atoms with E-state index >= 15 is 0 Å². The summed E-state index contributed by atoms with van der Waals surface area (Å²) < 4.78 is 0. The third kappa shape index (κ3) is 4.42. The molecule has 0 bridgehead atoms. The van der Waals surface area contributed by atoms with Gasteiger partial charge in [0, 0.05) is 5.57 Å². The van der Waals surface area contributed by atoms with Crippen LogP contribution in [0.5, 0.6) is 0 Å². The predicted octanol–water partition coefficient (Wildman–Crippen LogP) is 2.29. The van der Waals surface area contributed by atoms with Crippen molar-refractivity contribution in [3.63, 3.8) is 0 Å². The maximum atomic E-state index is 11.3. The van der Waals surface area contributed by atoms with Gasteiger partial charge in [0.1, 0.15) is 0 Å². The Bertz CT molecular complexity index is 209. The second-order valence-electron chi connectivity index (χ2n) is 3.72. The van der Waals surface area contributed by atoms with Crippen LogP contribution in [0.15, 0.2) is 12.2 Å². The van der Waals surface area contributed by atoms with Gasteiger partial charge in [-0.05, 0) is 12.8 Å². The van der Waals surface area contributed by atoms with E-state index in [-0.39, 0.29) is 5.97 Å². The van der Waals surface area contributed by atoms with E-state index < -0.39 is 0 Å². The minimum atomic E-state index is -0.251. The van der Waals surface area contributed by atoms with E-state index in [0.717, 1.165) is 25.9 Å². The zero-order chi connectivity index (χ0) is 10.4. The molecule has 0 aromatic heterocycles. The summed E-state index contributed by atoms with van der Waals surface area (Å²) >= 11 is 0. The molecule has 0 unspecified atom stereocenters. The minimum Gasteiger partial charge on any atom is -0.364 e. The molecule has 1 aliphatic heterocycles. The van der Waals surface area contributed by atoms with E-state index in [1.807, 2.05) is 0 Å². The van der Waals surface area contributed by atoms with Crippen LogP contribution >= 0.6 is 0 Å². The number of hydrogen-bond donors (Lipinski definition) is 0. The fourth-order valence-corrected chi connectivity index (χ4v) is 1.18. The molecule has 1 rings (SSSR count). The van der Waals surface area contributed by atoms with Gasteiger partial charge < -0.3 is 4.84 Å². The molecular weight excluding hydrogens is 178 g/mol. The van der Waals surface area contributed by atoms with Crippen molar-refractivity contribution in [2.45, 2.75) is 39.0 Å². The Labute approximate surface area is 85.7 Å². The molecule has 1 saturated heterocycles. The molecule has 1 aliphatic rings. The molecule has 0 amide bonds. The van der Waals surface area contributed by atoms with Crippen molar-refractivity contribution in [1.82, 2.24) is 5.06 Å². The van der Waals surface area contributed by atoms with Gasteiger partial charge in [-0.3, -0.25) is 0 Å². The molecule has 80 valence electrons. The second-order valence-corrected chi connectivity index (χ2v) is 3.72. The van der Waals surface area contributed by atoms with Crippen LogP contribution in [-0.4, -0.2) is 24.1 Å². The van der Waals surface area contributed by atoms with Gasteiger partial charge in [0.05, 0.1) is 13.1 Å². The first-order chi connectivity index (χ1) is 6.74. The summed E-state index contributed by atoms with van der Waals surface area (Å²) in [6, 6.07) is 0. The van der Waals surface area contributed by atoms with Crippen LogP contribution in [0.1, 0.15) is 39.0 Å². The average Bonchev–Trinajstić information content (AvgIpc) is 2.96. The lowest BCUT2D eigenvalue weighted by atomic mass is 10.1. The number of carbonyl (C=O) groups is 1. The van der Waals surface area contributed by atoms with Crippen molar-refractivity contribution in [2.75, 3.05) is 13.1 Å². The van der Waals surface area contributed by atoms with Gasteiger partial charge in [-0.2, -0.15) is 0 Å². The molecule has 1 heterocycles. The van der Waals surface area contributed by atoms with E-state index in [0.29, 0.717) is 5.57 Å². The van der Waals surface area contributed by atoms with Gasteiger partial charge in [0.2, 0.25) is 0 Å². The van der Waals surface area contributed by atoms with Crippen LogP contribution in [0.3, 0.4) is 0 Å². The average molecular weight is 197 g/mol. The second kappa shape index (κ2) is 5.81. The van der Waals surface area contributed by atoms with Crippen molar-refractivity contribution in [1.29, 1.82) is 0 Å². The highest BCUT2D eigenvalue weighted by molar-refractivity contribution is 5.87. The van der Waals surface area contributed by atoms with E-state index in [2.05, 4.69) is 13.5 Å². The van der Waals surface area contributed by atoms with Crippen molar-refractivity contribution >= 4 is 5.97 Å². The monoisotopic (exact) mass is 197 g/mol. The lowest BCUT2D eigenvalue weighted by Gasteiger charge is -2.05.